The average Bonchev–Trinajstić information content (AvgIpc) is 2.76. The molecule has 0 aromatic carbocycles. The third-order valence-electron chi connectivity index (χ3n) is 3.24. The van der Waals surface area contributed by atoms with Crippen LogP contribution in [0.4, 0.5) is 4.79 Å². The summed E-state index contributed by atoms with van der Waals surface area (Å²) in [6, 6.07) is -0.352. The van der Waals surface area contributed by atoms with Crippen LogP contribution in [0.15, 0.2) is 0 Å². The highest BCUT2D eigenvalue weighted by Crippen LogP contribution is 2.22. The second-order valence-electron chi connectivity index (χ2n) is 5.84. The number of likely N-dealkylation sites (N-methyl/N-ethyl adjacent to an activating group) is 1. The van der Waals surface area contributed by atoms with Gasteiger partial charge in [-0.15, -0.1) is 0 Å². The molecule has 0 aromatic rings. The molecule has 1 rings (SSSR count). The van der Waals surface area contributed by atoms with Crippen LogP contribution >= 0.6 is 0 Å². The fourth-order valence-corrected chi connectivity index (χ4v) is 2.31. The highest BCUT2D eigenvalue weighted by atomic mass is 16.6. The van der Waals surface area contributed by atoms with Gasteiger partial charge in [0.2, 0.25) is 5.91 Å². The van der Waals surface area contributed by atoms with E-state index in [9.17, 15) is 9.59 Å². The zero-order valence-electron chi connectivity index (χ0n) is 12.7. The third kappa shape index (κ3) is 4.11. The van der Waals surface area contributed by atoms with Crippen LogP contribution in [0.1, 0.15) is 47.5 Å². The van der Waals surface area contributed by atoms with Gasteiger partial charge in [0.1, 0.15) is 11.6 Å². The number of amides is 2. The van der Waals surface area contributed by atoms with Crippen molar-refractivity contribution in [1.82, 2.24) is 9.80 Å². The summed E-state index contributed by atoms with van der Waals surface area (Å²) in [4.78, 5) is 27.8. The third-order valence-corrected chi connectivity index (χ3v) is 3.24. The lowest BCUT2D eigenvalue weighted by Gasteiger charge is -2.30. The summed E-state index contributed by atoms with van der Waals surface area (Å²) >= 11 is 0. The normalized spacial score (nSPS) is 19.4. The molecular formula is C14H26N2O3. The molecule has 19 heavy (non-hydrogen) atoms. The van der Waals surface area contributed by atoms with Crippen molar-refractivity contribution in [3.8, 4) is 0 Å². The van der Waals surface area contributed by atoms with E-state index >= 15 is 0 Å². The molecule has 1 atom stereocenters. The second-order valence-corrected chi connectivity index (χ2v) is 5.84. The van der Waals surface area contributed by atoms with Gasteiger partial charge >= 0.3 is 6.09 Å². The van der Waals surface area contributed by atoms with Gasteiger partial charge in [-0.3, -0.25) is 9.69 Å². The number of carbonyl (C=O) groups excluding carboxylic acids is 2. The first-order valence-electron chi connectivity index (χ1n) is 7.08. The van der Waals surface area contributed by atoms with Crippen molar-refractivity contribution in [2.45, 2.75) is 59.1 Å². The van der Waals surface area contributed by atoms with E-state index in [1.54, 1.807) is 9.80 Å². The van der Waals surface area contributed by atoms with Crippen LogP contribution in [0.25, 0.3) is 0 Å². The van der Waals surface area contributed by atoms with E-state index in [0.717, 1.165) is 12.8 Å². The number of likely N-dealkylation sites (tertiary alicyclic amines) is 1. The average molecular weight is 270 g/mol. The first-order valence-corrected chi connectivity index (χ1v) is 7.08. The van der Waals surface area contributed by atoms with Gasteiger partial charge in [0.15, 0.2) is 0 Å². The van der Waals surface area contributed by atoms with Crippen LogP contribution in [-0.2, 0) is 9.53 Å². The Labute approximate surface area is 115 Å². The topological polar surface area (TPSA) is 49.9 Å². The lowest BCUT2D eigenvalue weighted by atomic mass is 10.2. The van der Waals surface area contributed by atoms with Gasteiger partial charge in [-0.05, 0) is 47.5 Å². The molecule has 0 radical (unpaired) electrons. The van der Waals surface area contributed by atoms with E-state index in [0.29, 0.717) is 19.6 Å². The molecule has 110 valence electrons. The minimum Gasteiger partial charge on any atom is -0.444 e. The van der Waals surface area contributed by atoms with E-state index in [-0.39, 0.29) is 18.0 Å². The molecular weight excluding hydrogens is 244 g/mol. The summed E-state index contributed by atoms with van der Waals surface area (Å²) < 4.78 is 5.37. The Morgan fingerprint density at radius 2 is 1.84 bits per heavy atom. The van der Waals surface area contributed by atoms with Crippen molar-refractivity contribution in [3.63, 3.8) is 0 Å². The summed E-state index contributed by atoms with van der Waals surface area (Å²) in [5.74, 6) is 0.0355. The van der Waals surface area contributed by atoms with Crippen molar-refractivity contribution in [2.75, 3.05) is 19.6 Å². The van der Waals surface area contributed by atoms with Crippen LogP contribution in [0, 0.1) is 0 Å². The number of hydrogen-bond acceptors (Lipinski definition) is 3. The predicted molar refractivity (Wildman–Crippen MR) is 73.9 cm³/mol. The standard InChI is InChI=1S/C14H26N2O3/c1-6-15(7-2)12(17)11-9-8-10-16(11)13(18)19-14(3,4)5/h11H,6-10H2,1-5H3. The van der Waals surface area contributed by atoms with Gasteiger partial charge in [0, 0.05) is 19.6 Å². The predicted octanol–water partition coefficient (Wildman–Crippen LogP) is 2.25. The Hall–Kier alpha value is -1.26. The molecule has 5 nitrogen and oxygen atoms in total. The molecule has 2 amide bonds. The van der Waals surface area contributed by atoms with Crippen molar-refractivity contribution < 1.29 is 14.3 Å². The van der Waals surface area contributed by atoms with Crippen LogP contribution in [0.2, 0.25) is 0 Å². The minimum atomic E-state index is -0.525. The SMILES string of the molecule is CCN(CC)C(=O)C1CCCN1C(=O)OC(C)(C)C. The van der Waals surface area contributed by atoms with Crippen molar-refractivity contribution in [3.05, 3.63) is 0 Å². The Morgan fingerprint density at radius 1 is 1.26 bits per heavy atom. The lowest BCUT2D eigenvalue weighted by Crippen LogP contribution is -2.49. The quantitative estimate of drug-likeness (QED) is 0.790. The summed E-state index contributed by atoms with van der Waals surface area (Å²) in [6.45, 7) is 11.4. The maximum atomic E-state index is 12.4. The summed E-state index contributed by atoms with van der Waals surface area (Å²) in [7, 11) is 0. The highest BCUT2D eigenvalue weighted by molar-refractivity contribution is 5.86. The van der Waals surface area contributed by atoms with E-state index < -0.39 is 5.60 Å². The Bertz CT molecular complexity index is 332. The molecule has 0 aromatic heterocycles. The Balaban J connectivity index is 2.73. The van der Waals surface area contributed by atoms with Gasteiger partial charge in [-0.1, -0.05) is 0 Å². The fourth-order valence-electron chi connectivity index (χ4n) is 2.31. The van der Waals surface area contributed by atoms with Crippen LogP contribution in [-0.4, -0.2) is 53.1 Å². The lowest BCUT2D eigenvalue weighted by molar-refractivity contribution is -0.135. The molecule has 1 fully saturated rings. The van der Waals surface area contributed by atoms with E-state index in [1.165, 1.54) is 0 Å². The molecule has 1 saturated heterocycles. The molecule has 0 aliphatic carbocycles. The van der Waals surface area contributed by atoms with Gasteiger partial charge < -0.3 is 9.64 Å². The zero-order valence-corrected chi connectivity index (χ0v) is 12.7. The molecule has 1 unspecified atom stereocenters. The molecule has 0 bridgehead atoms. The number of ether oxygens (including phenoxy) is 1. The van der Waals surface area contributed by atoms with Gasteiger partial charge in [-0.2, -0.15) is 0 Å². The first-order chi connectivity index (χ1) is 8.80. The van der Waals surface area contributed by atoms with E-state index in [2.05, 4.69) is 0 Å². The van der Waals surface area contributed by atoms with Crippen molar-refractivity contribution in [2.24, 2.45) is 0 Å². The molecule has 0 N–H and O–H groups in total. The number of nitrogens with zero attached hydrogens (tertiary/aromatic N) is 2. The van der Waals surface area contributed by atoms with Gasteiger partial charge in [0.05, 0.1) is 0 Å². The van der Waals surface area contributed by atoms with Crippen molar-refractivity contribution >= 4 is 12.0 Å². The highest BCUT2D eigenvalue weighted by Gasteiger charge is 2.37. The Morgan fingerprint density at radius 3 is 2.32 bits per heavy atom. The maximum absolute atomic E-state index is 12.4. The summed E-state index contributed by atoms with van der Waals surface area (Å²) in [6.07, 6.45) is 1.21. The van der Waals surface area contributed by atoms with E-state index in [1.807, 2.05) is 34.6 Å². The van der Waals surface area contributed by atoms with Crippen LogP contribution in [0.5, 0.6) is 0 Å². The maximum Gasteiger partial charge on any atom is 0.410 e. The molecule has 1 aliphatic heterocycles. The molecule has 5 heteroatoms. The molecule has 1 heterocycles. The largest absolute Gasteiger partial charge is 0.444 e. The summed E-state index contributed by atoms with van der Waals surface area (Å²) in [5.41, 5.74) is -0.525. The fraction of sp³-hybridized carbons (Fsp3) is 0.857. The van der Waals surface area contributed by atoms with Gasteiger partial charge in [-0.25, -0.2) is 4.79 Å². The molecule has 1 aliphatic rings. The van der Waals surface area contributed by atoms with E-state index in [4.69, 9.17) is 4.74 Å². The second kappa shape index (κ2) is 6.26. The monoisotopic (exact) mass is 270 g/mol. The van der Waals surface area contributed by atoms with Crippen molar-refractivity contribution in [1.29, 1.82) is 0 Å². The Kier molecular flexibility index (Phi) is 5.20. The number of hydrogen-bond donors (Lipinski definition) is 0. The van der Waals surface area contributed by atoms with Gasteiger partial charge in [0.25, 0.3) is 0 Å². The van der Waals surface area contributed by atoms with Crippen LogP contribution in [0.3, 0.4) is 0 Å². The smallest absolute Gasteiger partial charge is 0.410 e. The minimum absolute atomic E-state index is 0.0355. The summed E-state index contributed by atoms with van der Waals surface area (Å²) in [5, 5.41) is 0. The number of rotatable bonds is 3. The van der Waals surface area contributed by atoms with Crippen LogP contribution < -0.4 is 0 Å². The number of carbonyl (C=O) groups is 2. The molecule has 0 spiro atoms. The zero-order chi connectivity index (χ0) is 14.6. The first kappa shape index (κ1) is 15.8. The molecule has 0 saturated carbocycles.